The number of methoxy groups -OCH3 is 1. The highest BCUT2D eigenvalue weighted by atomic mass is 35.5. The van der Waals surface area contributed by atoms with Crippen LogP contribution in [0.4, 0.5) is 0 Å². The Morgan fingerprint density at radius 1 is 1.19 bits per heavy atom. The Morgan fingerprint density at radius 3 is 2.54 bits per heavy atom. The van der Waals surface area contributed by atoms with E-state index in [2.05, 4.69) is 0 Å². The Labute approximate surface area is 158 Å². The van der Waals surface area contributed by atoms with Crippen molar-refractivity contribution in [2.75, 3.05) is 20.3 Å². The topological polar surface area (TPSA) is 57.5 Å². The molecule has 0 spiro atoms. The van der Waals surface area contributed by atoms with Crippen LogP contribution in [0.25, 0.3) is 6.08 Å². The van der Waals surface area contributed by atoms with Gasteiger partial charge in [-0.1, -0.05) is 23.7 Å². The fraction of sp³-hybridized carbons (Fsp3) is 0.300. The molecule has 0 aliphatic carbocycles. The molecule has 1 heterocycles. The predicted molar refractivity (Wildman–Crippen MR) is 102 cm³/mol. The summed E-state index contributed by atoms with van der Waals surface area (Å²) in [7, 11) is 1.64. The Kier molecular flexibility index (Phi) is 7.18. The van der Waals surface area contributed by atoms with Crippen LogP contribution in [0, 0.1) is 13.8 Å². The van der Waals surface area contributed by atoms with Crippen molar-refractivity contribution in [1.82, 2.24) is 4.57 Å². The minimum Gasteiger partial charge on any atom is -0.454 e. The smallest absolute Gasteiger partial charge is 0.331 e. The molecule has 2 rings (SSSR count). The lowest BCUT2D eigenvalue weighted by atomic mass is 10.1. The van der Waals surface area contributed by atoms with Crippen molar-refractivity contribution in [2.45, 2.75) is 20.4 Å². The van der Waals surface area contributed by atoms with E-state index in [1.807, 2.05) is 24.5 Å². The number of esters is 1. The number of rotatable bonds is 8. The number of nitrogens with zero attached hydrogens (tertiary/aromatic N) is 1. The molecule has 26 heavy (non-hydrogen) atoms. The highest BCUT2D eigenvalue weighted by Gasteiger charge is 2.16. The van der Waals surface area contributed by atoms with Crippen molar-refractivity contribution in [3.05, 3.63) is 63.9 Å². The number of aryl methyl sites for hydroxylation is 1. The first-order chi connectivity index (χ1) is 12.4. The summed E-state index contributed by atoms with van der Waals surface area (Å²) in [5, 5.41) is 0.624. The standard InChI is InChI=1S/C20H22ClNO4/c1-14-12-18(15(2)22(14)10-11-25-3)19(23)13-26-20(24)9-6-16-4-7-17(21)8-5-16/h4-9,12H,10-11,13H2,1-3H3/b9-6+. The van der Waals surface area contributed by atoms with Gasteiger partial charge in [0, 0.05) is 41.7 Å². The Balaban J connectivity index is 1.93. The molecule has 5 nitrogen and oxygen atoms in total. The molecule has 6 heteroatoms. The van der Waals surface area contributed by atoms with Gasteiger partial charge in [0.25, 0.3) is 0 Å². The number of ether oxygens (including phenoxy) is 2. The third kappa shape index (κ3) is 5.31. The van der Waals surface area contributed by atoms with E-state index >= 15 is 0 Å². The predicted octanol–water partition coefficient (Wildman–Crippen LogP) is 3.84. The summed E-state index contributed by atoms with van der Waals surface area (Å²) in [5.74, 6) is -0.795. The van der Waals surface area contributed by atoms with Gasteiger partial charge in [-0.25, -0.2) is 4.79 Å². The number of aromatic nitrogens is 1. The average molecular weight is 376 g/mol. The van der Waals surface area contributed by atoms with Gasteiger partial charge in [0.05, 0.1) is 6.61 Å². The maximum atomic E-state index is 12.4. The molecule has 0 saturated heterocycles. The molecular weight excluding hydrogens is 354 g/mol. The van der Waals surface area contributed by atoms with E-state index in [9.17, 15) is 9.59 Å². The Bertz CT molecular complexity index is 806. The van der Waals surface area contributed by atoms with E-state index < -0.39 is 5.97 Å². The van der Waals surface area contributed by atoms with Gasteiger partial charge in [-0.05, 0) is 43.7 Å². The number of hydrogen-bond donors (Lipinski definition) is 0. The van der Waals surface area contributed by atoms with Crippen LogP contribution in [0.5, 0.6) is 0 Å². The van der Waals surface area contributed by atoms with Crippen LogP contribution in [0.2, 0.25) is 5.02 Å². The third-order valence-electron chi connectivity index (χ3n) is 4.02. The molecule has 2 aromatic rings. The van der Waals surface area contributed by atoms with Crippen molar-refractivity contribution in [3.8, 4) is 0 Å². The molecule has 0 fully saturated rings. The molecule has 0 saturated carbocycles. The summed E-state index contributed by atoms with van der Waals surface area (Å²) in [5.41, 5.74) is 3.20. The minimum atomic E-state index is -0.568. The monoisotopic (exact) mass is 375 g/mol. The zero-order chi connectivity index (χ0) is 19.1. The van der Waals surface area contributed by atoms with E-state index in [1.54, 1.807) is 37.5 Å². The SMILES string of the molecule is COCCn1c(C)cc(C(=O)COC(=O)/C=C/c2ccc(Cl)cc2)c1C. The molecular formula is C20H22ClNO4. The van der Waals surface area contributed by atoms with Gasteiger partial charge < -0.3 is 14.0 Å². The summed E-state index contributed by atoms with van der Waals surface area (Å²) < 4.78 is 12.2. The summed E-state index contributed by atoms with van der Waals surface area (Å²) in [6.07, 6.45) is 2.90. The largest absolute Gasteiger partial charge is 0.454 e. The van der Waals surface area contributed by atoms with Crippen molar-refractivity contribution in [2.24, 2.45) is 0 Å². The molecule has 1 aromatic carbocycles. The highest BCUT2D eigenvalue weighted by molar-refractivity contribution is 6.30. The molecule has 0 atom stereocenters. The van der Waals surface area contributed by atoms with E-state index in [-0.39, 0.29) is 12.4 Å². The Morgan fingerprint density at radius 2 is 1.88 bits per heavy atom. The number of halogens is 1. The number of carbonyl (C=O) groups excluding carboxylic acids is 2. The lowest BCUT2D eigenvalue weighted by Gasteiger charge is -2.08. The maximum absolute atomic E-state index is 12.4. The third-order valence-corrected chi connectivity index (χ3v) is 4.27. The number of hydrogen-bond acceptors (Lipinski definition) is 4. The van der Waals surface area contributed by atoms with E-state index in [0.717, 1.165) is 17.0 Å². The quantitative estimate of drug-likeness (QED) is 0.399. The van der Waals surface area contributed by atoms with Gasteiger partial charge in [0.15, 0.2) is 6.61 Å². The second-order valence-corrected chi connectivity index (χ2v) is 6.28. The second-order valence-electron chi connectivity index (χ2n) is 5.85. The lowest BCUT2D eigenvalue weighted by Crippen LogP contribution is -2.14. The molecule has 0 N–H and O–H groups in total. The fourth-order valence-electron chi connectivity index (χ4n) is 2.61. The van der Waals surface area contributed by atoms with E-state index in [0.29, 0.717) is 23.7 Å². The van der Waals surface area contributed by atoms with Crippen LogP contribution in [0.3, 0.4) is 0 Å². The van der Waals surface area contributed by atoms with E-state index in [4.69, 9.17) is 21.1 Å². The molecule has 0 radical (unpaired) electrons. The molecule has 0 unspecified atom stereocenters. The summed E-state index contributed by atoms with van der Waals surface area (Å²) in [6.45, 7) is 4.75. The first kappa shape index (κ1) is 19.9. The van der Waals surface area contributed by atoms with Crippen LogP contribution in [-0.4, -0.2) is 36.6 Å². The van der Waals surface area contributed by atoms with Crippen molar-refractivity contribution >= 4 is 29.4 Å². The van der Waals surface area contributed by atoms with Crippen LogP contribution >= 0.6 is 11.6 Å². The van der Waals surface area contributed by atoms with Crippen LogP contribution in [-0.2, 0) is 20.8 Å². The Hall–Kier alpha value is -2.37. The summed E-state index contributed by atoms with van der Waals surface area (Å²) in [6, 6.07) is 8.84. The minimum absolute atomic E-state index is 0.227. The zero-order valence-electron chi connectivity index (χ0n) is 15.1. The van der Waals surface area contributed by atoms with Crippen LogP contribution in [0.1, 0.15) is 27.3 Å². The van der Waals surface area contributed by atoms with Crippen molar-refractivity contribution < 1.29 is 19.1 Å². The lowest BCUT2D eigenvalue weighted by molar-refractivity contribution is -0.136. The molecule has 0 bridgehead atoms. The summed E-state index contributed by atoms with van der Waals surface area (Å²) in [4.78, 5) is 24.2. The van der Waals surface area contributed by atoms with Crippen LogP contribution in [0.15, 0.2) is 36.4 Å². The average Bonchev–Trinajstić information content (AvgIpc) is 2.91. The number of ketones is 1. The van der Waals surface area contributed by atoms with Crippen LogP contribution < -0.4 is 0 Å². The number of Topliss-reactive ketones (excluding diaryl/α,β-unsaturated/α-hetero) is 1. The van der Waals surface area contributed by atoms with Crippen molar-refractivity contribution in [3.63, 3.8) is 0 Å². The zero-order valence-corrected chi connectivity index (χ0v) is 15.9. The van der Waals surface area contributed by atoms with Gasteiger partial charge in [-0.3, -0.25) is 4.79 Å². The normalized spacial score (nSPS) is 11.1. The fourth-order valence-corrected chi connectivity index (χ4v) is 2.74. The van der Waals surface area contributed by atoms with Gasteiger partial charge >= 0.3 is 5.97 Å². The van der Waals surface area contributed by atoms with Gasteiger partial charge in [0.1, 0.15) is 0 Å². The van der Waals surface area contributed by atoms with E-state index in [1.165, 1.54) is 6.08 Å². The van der Waals surface area contributed by atoms with Gasteiger partial charge in [0.2, 0.25) is 5.78 Å². The first-order valence-corrected chi connectivity index (χ1v) is 8.59. The maximum Gasteiger partial charge on any atom is 0.331 e. The van der Waals surface area contributed by atoms with Gasteiger partial charge in [-0.2, -0.15) is 0 Å². The first-order valence-electron chi connectivity index (χ1n) is 8.21. The highest BCUT2D eigenvalue weighted by Crippen LogP contribution is 2.16. The second kappa shape index (κ2) is 9.36. The summed E-state index contributed by atoms with van der Waals surface area (Å²) >= 11 is 5.81. The van der Waals surface area contributed by atoms with Gasteiger partial charge in [-0.15, -0.1) is 0 Å². The molecule has 0 aliphatic rings. The molecule has 0 aliphatic heterocycles. The number of benzene rings is 1. The molecule has 138 valence electrons. The van der Waals surface area contributed by atoms with Crippen molar-refractivity contribution in [1.29, 1.82) is 0 Å². The molecule has 0 amide bonds. The number of carbonyl (C=O) groups is 2. The molecule has 1 aromatic heterocycles.